The van der Waals surface area contributed by atoms with Crippen LogP contribution in [0.2, 0.25) is 0 Å². The van der Waals surface area contributed by atoms with Crippen LogP contribution < -0.4 is 5.73 Å². The van der Waals surface area contributed by atoms with Gasteiger partial charge in [0.2, 0.25) is 0 Å². The zero-order chi connectivity index (χ0) is 17.8. The summed E-state index contributed by atoms with van der Waals surface area (Å²) in [6.45, 7) is 1.97. The first-order valence-corrected chi connectivity index (χ1v) is 8.18. The normalized spacial score (nSPS) is 13.6. The van der Waals surface area contributed by atoms with Gasteiger partial charge in [-0.3, -0.25) is 9.78 Å². The maximum atomic E-state index is 11.8. The third-order valence-corrected chi connectivity index (χ3v) is 4.32. The number of carbonyl (C=O) groups is 1. The maximum Gasteiger partial charge on any atom is 0.307 e. The first-order chi connectivity index (χ1) is 12.1. The van der Waals surface area contributed by atoms with Crippen molar-refractivity contribution in [2.75, 3.05) is 5.73 Å². The average Bonchev–Trinajstić information content (AvgIpc) is 3.11. The molecule has 0 saturated heterocycles. The summed E-state index contributed by atoms with van der Waals surface area (Å²) in [6.07, 6.45) is 3.44. The molecule has 0 aliphatic rings. The van der Waals surface area contributed by atoms with Crippen LogP contribution in [0.1, 0.15) is 37.1 Å². The number of H-pyrrole nitrogens is 1. The number of hydrogen-bond acceptors (Lipinski definition) is 6. The molecule has 3 rings (SSSR count). The van der Waals surface area contributed by atoms with E-state index in [9.17, 15) is 9.90 Å². The van der Waals surface area contributed by atoms with E-state index in [1.807, 2.05) is 31.2 Å². The number of carboxylic acid groups (broad SMARTS) is 1. The van der Waals surface area contributed by atoms with Gasteiger partial charge in [-0.1, -0.05) is 24.6 Å². The van der Waals surface area contributed by atoms with Crippen LogP contribution in [0.15, 0.2) is 30.5 Å². The minimum Gasteiger partial charge on any atom is -0.481 e. The van der Waals surface area contributed by atoms with E-state index in [-0.39, 0.29) is 5.92 Å². The number of nitrogens with zero attached hydrogens (tertiary/aromatic N) is 4. The summed E-state index contributed by atoms with van der Waals surface area (Å²) in [4.78, 5) is 16.0. The fourth-order valence-electron chi connectivity index (χ4n) is 3.13. The Kier molecular flexibility index (Phi) is 4.87. The lowest BCUT2D eigenvalue weighted by Gasteiger charge is -2.21. The molecule has 0 fully saturated rings. The Morgan fingerprint density at radius 2 is 2.20 bits per heavy atom. The Morgan fingerprint density at radius 1 is 1.36 bits per heavy atom. The van der Waals surface area contributed by atoms with E-state index in [0.717, 1.165) is 22.9 Å². The number of tetrazole rings is 1. The van der Waals surface area contributed by atoms with Gasteiger partial charge in [-0.2, -0.15) is 5.21 Å². The Hall–Kier alpha value is -3.03. The van der Waals surface area contributed by atoms with Crippen molar-refractivity contribution in [1.82, 2.24) is 25.6 Å². The van der Waals surface area contributed by atoms with Crippen LogP contribution in [0, 0.1) is 5.92 Å². The molecular formula is C17H20N6O2. The van der Waals surface area contributed by atoms with E-state index in [1.54, 1.807) is 6.20 Å². The molecule has 1 aromatic carbocycles. The number of aromatic nitrogens is 5. The van der Waals surface area contributed by atoms with E-state index in [0.29, 0.717) is 24.4 Å². The topological polar surface area (TPSA) is 131 Å². The predicted molar refractivity (Wildman–Crippen MR) is 92.8 cm³/mol. The molecule has 3 aromatic rings. The third-order valence-electron chi connectivity index (χ3n) is 4.32. The number of aliphatic carboxylic acids is 1. The summed E-state index contributed by atoms with van der Waals surface area (Å²) < 4.78 is 0. The van der Waals surface area contributed by atoms with E-state index < -0.39 is 11.9 Å². The van der Waals surface area contributed by atoms with Crippen LogP contribution in [0.3, 0.4) is 0 Å². The van der Waals surface area contributed by atoms with Crippen LogP contribution >= 0.6 is 0 Å². The number of hydrogen-bond donors (Lipinski definition) is 3. The molecule has 130 valence electrons. The van der Waals surface area contributed by atoms with Gasteiger partial charge in [0.05, 0.1) is 23.3 Å². The summed E-state index contributed by atoms with van der Waals surface area (Å²) in [6, 6.07) is 7.70. The van der Waals surface area contributed by atoms with Gasteiger partial charge in [0.25, 0.3) is 0 Å². The molecule has 2 aromatic heterocycles. The number of benzene rings is 1. The Morgan fingerprint density at radius 3 is 2.88 bits per heavy atom. The van der Waals surface area contributed by atoms with E-state index in [2.05, 4.69) is 25.6 Å². The first kappa shape index (κ1) is 16.8. The number of nitrogens with two attached hydrogens (primary N) is 1. The molecule has 8 heteroatoms. The van der Waals surface area contributed by atoms with E-state index >= 15 is 0 Å². The molecule has 2 heterocycles. The smallest absolute Gasteiger partial charge is 0.307 e. The standard InChI is InChI=1S/C17H20N6O2/c1-2-3-13(17(24)25)14(16-20-22-23-21-16)7-10-4-5-15-11(6-10)8-12(18)9-19-15/h4-6,8-9,13-14H,2-3,7,18H2,1H3,(H,24,25)(H,20,21,22,23). The highest BCUT2D eigenvalue weighted by molar-refractivity contribution is 5.81. The second-order valence-corrected chi connectivity index (χ2v) is 6.11. The quantitative estimate of drug-likeness (QED) is 0.600. The van der Waals surface area contributed by atoms with Crippen LogP contribution in [0.25, 0.3) is 10.9 Å². The number of fused-ring (bicyclic) bond motifs is 1. The molecule has 25 heavy (non-hydrogen) atoms. The van der Waals surface area contributed by atoms with Gasteiger partial charge in [-0.05, 0) is 36.6 Å². The zero-order valence-corrected chi connectivity index (χ0v) is 13.9. The Labute approximate surface area is 144 Å². The summed E-state index contributed by atoms with van der Waals surface area (Å²) in [5.41, 5.74) is 8.23. The molecule has 0 aliphatic heterocycles. The fraction of sp³-hybridized carbons (Fsp3) is 0.353. The zero-order valence-electron chi connectivity index (χ0n) is 13.9. The number of carboxylic acids is 1. The molecule has 0 radical (unpaired) electrons. The molecule has 0 spiro atoms. The molecule has 2 atom stereocenters. The highest BCUT2D eigenvalue weighted by Gasteiger charge is 2.32. The fourth-order valence-corrected chi connectivity index (χ4v) is 3.13. The van der Waals surface area contributed by atoms with Crippen molar-refractivity contribution in [3.05, 3.63) is 41.9 Å². The Balaban J connectivity index is 1.95. The predicted octanol–water partition coefficient (Wildman–Crippen LogP) is 2.16. The van der Waals surface area contributed by atoms with Crippen LogP contribution in [0.5, 0.6) is 0 Å². The molecule has 4 N–H and O–H groups in total. The van der Waals surface area contributed by atoms with Crippen LogP contribution in [0.4, 0.5) is 5.69 Å². The minimum atomic E-state index is -0.844. The second-order valence-electron chi connectivity index (χ2n) is 6.11. The number of nitrogens with one attached hydrogen (secondary N) is 1. The molecule has 0 amide bonds. The number of anilines is 1. The van der Waals surface area contributed by atoms with Crippen molar-refractivity contribution in [3.63, 3.8) is 0 Å². The van der Waals surface area contributed by atoms with E-state index in [1.165, 1.54) is 0 Å². The Bertz CT molecular complexity index is 865. The summed E-state index contributed by atoms with van der Waals surface area (Å²) in [7, 11) is 0. The van der Waals surface area contributed by atoms with Crippen molar-refractivity contribution in [1.29, 1.82) is 0 Å². The van der Waals surface area contributed by atoms with Crippen molar-refractivity contribution in [2.24, 2.45) is 5.92 Å². The van der Waals surface area contributed by atoms with Gasteiger partial charge in [-0.15, -0.1) is 10.2 Å². The van der Waals surface area contributed by atoms with E-state index in [4.69, 9.17) is 5.73 Å². The number of rotatable bonds is 7. The molecule has 0 aliphatic carbocycles. The van der Waals surface area contributed by atoms with Crippen molar-refractivity contribution >= 4 is 22.6 Å². The average molecular weight is 340 g/mol. The number of nitrogen functional groups attached to an aromatic ring is 1. The molecular weight excluding hydrogens is 320 g/mol. The molecule has 0 bridgehead atoms. The van der Waals surface area contributed by atoms with Gasteiger partial charge in [0, 0.05) is 11.3 Å². The summed E-state index contributed by atoms with van der Waals surface area (Å²) in [5.74, 6) is -1.35. The van der Waals surface area contributed by atoms with Gasteiger partial charge in [0.15, 0.2) is 5.82 Å². The van der Waals surface area contributed by atoms with Gasteiger partial charge >= 0.3 is 5.97 Å². The van der Waals surface area contributed by atoms with Crippen LogP contribution in [-0.2, 0) is 11.2 Å². The summed E-state index contributed by atoms with van der Waals surface area (Å²) >= 11 is 0. The molecule has 2 unspecified atom stereocenters. The van der Waals surface area contributed by atoms with Crippen LogP contribution in [-0.4, -0.2) is 36.7 Å². The lowest BCUT2D eigenvalue weighted by molar-refractivity contribution is -0.142. The molecule has 8 nitrogen and oxygen atoms in total. The molecule has 0 saturated carbocycles. The monoisotopic (exact) mass is 340 g/mol. The van der Waals surface area contributed by atoms with Gasteiger partial charge in [0.1, 0.15) is 0 Å². The van der Waals surface area contributed by atoms with Crippen molar-refractivity contribution < 1.29 is 9.90 Å². The first-order valence-electron chi connectivity index (χ1n) is 8.18. The SMILES string of the molecule is CCCC(C(=O)O)C(Cc1ccc2ncc(N)cc2c1)c1nn[nH]n1. The maximum absolute atomic E-state index is 11.8. The highest BCUT2D eigenvalue weighted by Crippen LogP contribution is 2.30. The van der Waals surface area contributed by atoms with Gasteiger partial charge < -0.3 is 10.8 Å². The van der Waals surface area contributed by atoms with Gasteiger partial charge in [-0.25, -0.2) is 0 Å². The van der Waals surface area contributed by atoms with Crippen molar-refractivity contribution in [3.8, 4) is 0 Å². The number of aromatic amines is 1. The number of pyridine rings is 1. The lowest BCUT2D eigenvalue weighted by atomic mass is 9.83. The summed E-state index contributed by atoms with van der Waals surface area (Å²) in [5, 5.41) is 24.6. The third kappa shape index (κ3) is 3.73. The highest BCUT2D eigenvalue weighted by atomic mass is 16.4. The lowest BCUT2D eigenvalue weighted by Crippen LogP contribution is -2.25. The second kappa shape index (κ2) is 7.25. The largest absolute Gasteiger partial charge is 0.481 e. The van der Waals surface area contributed by atoms with Crippen molar-refractivity contribution in [2.45, 2.75) is 32.1 Å². The minimum absolute atomic E-state index is 0.359.